The first kappa shape index (κ1) is 16.0. The predicted octanol–water partition coefficient (Wildman–Crippen LogP) is 1.48. The first-order valence-electron chi connectivity index (χ1n) is 7.22. The Bertz CT molecular complexity index is 307. The lowest BCUT2D eigenvalue weighted by molar-refractivity contribution is -0.137. The highest BCUT2D eigenvalue weighted by atomic mass is 16.4. The number of piperidine rings is 1. The van der Waals surface area contributed by atoms with E-state index in [4.69, 9.17) is 5.11 Å². The number of rotatable bonds is 7. The summed E-state index contributed by atoms with van der Waals surface area (Å²) in [4.78, 5) is 24.0. The number of hydrogen-bond donors (Lipinski definition) is 2. The maximum Gasteiger partial charge on any atom is 0.304 e. The van der Waals surface area contributed by atoms with Crippen LogP contribution in [-0.2, 0) is 9.59 Å². The Morgan fingerprint density at radius 1 is 1.37 bits per heavy atom. The lowest BCUT2D eigenvalue weighted by Gasteiger charge is -2.38. The molecule has 2 atom stereocenters. The average molecular weight is 270 g/mol. The van der Waals surface area contributed by atoms with E-state index >= 15 is 0 Å². The second kappa shape index (κ2) is 8.15. The highest BCUT2D eigenvalue weighted by Gasteiger charge is 2.27. The Morgan fingerprint density at radius 3 is 2.68 bits per heavy atom. The van der Waals surface area contributed by atoms with E-state index in [9.17, 15) is 9.59 Å². The van der Waals surface area contributed by atoms with Crippen molar-refractivity contribution in [1.29, 1.82) is 0 Å². The summed E-state index contributed by atoms with van der Waals surface area (Å²) < 4.78 is 0. The van der Waals surface area contributed by atoms with E-state index in [1.807, 2.05) is 0 Å². The molecule has 0 aliphatic carbocycles. The van der Waals surface area contributed by atoms with Gasteiger partial charge in [-0.2, -0.15) is 0 Å². The van der Waals surface area contributed by atoms with Gasteiger partial charge in [-0.25, -0.2) is 0 Å². The molecule has 0 aromatic heterocycles. The van der Waals surface area contributed by atoms with E-state index < -0.39 is 5.97 Å². The Morgan fingerprint density at radius 2 is 2.11 bits per heavy atom. The largest absolute Gasteiger partial charge is 0.481 e. The van der Waals surface area contributed by atoms with E-state index in [0.717, 1.165) is 25.9 Å². The summed E-state index contributed by atoms with van der Waals surface area (Å²) in [6.45, 7) is 6.03. The zero-order valence-electron chi connectivity index (χ0n) is 12.0. The number of hydrogen-bond acceptors (Lipinski definition) is 3. The van der Waals surface area contributed by atoms with Crippen LogP contribution in [0.1, 0.15) is 46.0 Å². The molecule has 1 fully saturated rings. The molecule has 19 heavy (non-hydrogen) atoms. The van der Waals surface area contributed by atoms with E-state index in [1.54, 1.807) is 0 Å². The van der Waals surface area contributed by atoms with Gasteiger partial charge in [0.25, 0.3) is 0 Å². The van der Waals surface area contributed by atoms with Crippen LogP contribution in [0, 0.1) is 5.92 Å². The number of amides is 1. The highest BCUT2D eigenvalue weighted by molar-refractivity contribution is 5.73. The van der Waals surface area contributed by atoms with Crippen LogP contribution in [-0.4, -0.2) is 47.6 Å². The average Bonchev–Trinajstić information content (AvgIpc) is 2.33. The second-order valence-electron chi connectivity index (χ2n) is 5.54. The third-order valence-corrected chi connectivity index (χ3v) is 3.63. The zero-order chi connectivity index (χ0) is 14.3. The van der Waals surface area contributed by atoms with Crippen LogP contribution in [0.3, 0.4) is 0 Å². The molecule has 2 N–H and O–H groups in total. The third-order valence-electron chi connectivity index (χ3n) is 3.63. The molecule has 0 aromatic rings. The third kappa shape index (κ3) is 6.57. The molecular weight excluding hydrogens is 244 g/mol. The van der Waals surface area contributed by atoms with Gasteiger partial charge in [-0.15, -0.1) is 0 Å². The molecule has 1 rings (SSSR count). The lowest BCUT2D eigenvalue weighted by atomic mass is 9.89. The number of carboxylic acid groups (broad SMARTS) is 1. The van der Waals surface area contributed by atoms with E-state index in [2.05, 4.69) is 17.1 Å². The van der Waals surface area contributed by atoms with Gasteiger partial charge >= 0.3 is 5.97 Å². The van der Waals surface area contributed by atoms with Crippen LogP contribution in [0.15, 0.2) is 0 Å². The maximum absolute atomic E-state index is 11.2. The molecular formula is C14H26N2O3. The number of carbonyl (C=O) groups excluding carboxylic acids is 1. The van der Waals surface area contributed by atoms with Crippen molar-refractivity contribution in [2.24, 2.45) is 5.92 Å². The van der Waals surface area contributed by atoms with Gasteiger partial charge < -0.3 is 15.3 Å². The second-order valence-corrected chi connectivity index (χ2v) is 5.54. The number of nitrogens with one attached hydrogen (secondary N) is 1. The van der Waals surface area contributed by atoms with Gasteiger partial charge in [-0.05, 0) is 18.8 Å². The summed E-state index contributed by atoms with van der Waals surface area (Å²) in [5, 5.41) is 11.7. The van der Waals surface area contributed by atoms with Crippen molar-refractivity contribution in [3.05, 3.63) is 0 Å². The van der Waals surface area contributed by atoms with E-state index in [0.29, 0.717) is 12.5 Å². The lowest BCUT2D eigenvalue weighted by Crippen LogP contribution is -2.50. The van der Waals surface area contributed by atoms with Gasteiger partial charge in [-0.3, -0.25) is 9.59 Å². The summed E-state index contributed by atoms with van der Waals surface area (Å²) in [5.74, 6) is -0.189. The van der Waals surface area contributed by atoms with Crippen LogP contribution < -0.4 is 5.32 Å². The summed E-state index contributed by atoms with van der Waals surface area (Å²) in [6, 6.07) is 0.168. The van der Waals surface area contributed by atoms with Crippen molar-refractivity contribution in [3.8, 4) is 0 Å². The fraction of sp³-hybridized carbons (Fsp3) is 0.857. The predicted molar refractivity (Wildman–Crippen MR) is 73.9 cm³/mol. The van der Waals surface area contributed by atoms with Crippen LogP contribution >= 0.6 is 0 Å². The van der Waals surface area contributed by atoms with Crippen LogP contribution in [0.5, 0.6) is 0 Å². The quantitative estimate of drug-likeness (QED) is 0.735. The number of likely N-dealkylation sites (tertiary alicyclic amines) is 1. The van der Waals surface area contributed by atoms with Crippen LogP contribution in [0.4, 0.5) is 0 Å². The molecule has 1 aliphatic heterocycles. The minimum atomic E-state index is -0.758. The van der Waals surface area contributed by atoms with Gasteiger partial charge in [0.05, 0.1) is 6.42 Å². The van der Waals surface area contributed by atoms with Gasteiger partial charge in [0.15, 0.2) is 0 Å². The molecule has 5 nitrogen and oxygen atoms in total. The zero-order valence-corrected chi connectivity index (χ0v) is 12.0. The maximum atomic E-state index is 11.2. The fourth-order valence-corrected chi connectivity index (χ4v) is 2.83. The van der Waals surface area contributed by atoms with Gasteiger partial charge in [0.2, 0.25) is 5.91 Å². The molecule has 0 bridgehead atoms. The Balaban J connectivity index is 2.50. The van der Waals surface area contributed by atoms with Gasteiger partial charge in [0.1, 0.15) is 0 Å². The summed E-state index contributed by atoms with van der Waals surface area (Å²) in [7, 11) is 0. The monoisotopic (exact) mass is 270 g/mol. The molecule has 0 spiro atoms. The van der Waals surface area contributed by atoms with Crippen molar-refractivity contribution in [2.75, 3.05) is 19.6 Å². The highest BCUT2D eigenvalue weighted by Crippen LogP contribution is 2.22. The van der Waals surface area contributed by atoms with Crippen molar-refractivity contribution >= 4 is 11.9 Å². The molecule has 5 heteroatoms. The van der Waals surface area contributed by atoms with Crippen molar-refractivity contribution in [2.45, 2.75) is 52.0 Å². The molecule has 0 aromatic carbocycles. The fourth-order valence-electron chi connectivity index (χ4n) is 2.83. The minimum absolute atomic E-state index is 0.000624. The topological polar surface area (TPSA) is 69.6 Å². The Hall–Kier alpha value is -1.10. The van der Waals surface area contributed by atoms with E-state index in [-0.39, 0.29) is 18.4 Å². The molecule has 2 unspecified atom stereocenters. The van der Waals surface area contributed by atoms with Crippen molar-refractivity contribution in [3.63, 3.8) is 0 Å². The molecule has 0 radical (unpaired) electrons. The number of carbonyl (C=O) groups is 2. The molecule has 110 valence electrons. The molecule has 1 amide bonds. The number of unbranched alkanes of at least 4 members (excludes halogenated alkanes) is 1. The van der Waals surface area contributed by atoms with E-state index in [1.165, 1.54) is 19.8 Å². The number of carboxylic acids is 1. The smallest absolute Gasteiger partial charge is 0.304 e. The molecule has 0 saturated carbocycles. The summed E-state index contributed by atoms with van der Waals surface area (Å²) >= 11 is 0. The van der Waals surface area contributed by atoms with Crippen molar-refractivity contribution in [1.82, 2.24) is 10.2 Å². The minimum Gasteiger partial charge on any atom is -0.481 e. The normalized spacial score (nSPS) is 24.1. The molecule has 1 heterocycles. The number of aliphatic carboxylic acids is 1. The standard InChI is InChI=1S/C14H26N2O3/c1-3-4-5-12-8-13(15-11(2)17)10-16(9-12)7-6-14(18)19/h12-13H,3-10H2,1-2H3,(H,15,17)(H,18,19). The summed E-state index contributed by atoms with van der Waals surface area (Å²) in [6.07, 6.45) is 4.73. The summed E-state index contributed by atoms with van der Waals surface area (Å²) in [5.41, 5.74) is 0. The first-order chi connectivity index (χ1) is 9.01. The Labute approximate surface area is 115 Å². The SMILES string of the molecule is CCCCC1CC(NC(C)=O)CN(CCC(=O)O)C1. The Kier molecular flexibility index (Phi) is 6.84. The molecule has 1 saturated heterocycles. The van der Waals surface area contributed by atoms with Gasteiger partial charge in [-0.1, -0.05) is 19.8 Å². The van der Waals surface area contributed by atoms with Gasteiger partial charge in [0, 0.05) is 32.6 Å². The van der Waals surface area contributed by atoms with Crippen molar-refractivity contribution < 1.29 is 14.7 Å². The van der Waals surface area contributed by atoms with Crippen LogP contribution in [0.25, 0.3) is 0 Å². The first-order valence-corrected chi connectivity index (χ1v) is 7.22. The van der Waals surface area contributed by atoms with Crippen LogP contribution in [0.2, 0.25) is 0 Å². The number of nitrogens with zero attached hydrogens (tertiary/aromatic N) is 1. The molecule has 1 aliphatic rings.